The number of hydrogen-bond acceptors (Lipinski definition) is 2. The quantitative estimate of drug-likeness (QED) is 0.474. The van der Waals surface area contributed by atoms with E-state index in [1.54, 1.807) is 31.2 Å². The van der Waals surface area contributed by atoms with E-state index in [0.717, 1.165) is 36.1 Å². The summed E-state index contributed by atoms with van der Waals surface area (Å²) in [4.78, 5) is 0. The maximum absolute atomic E-state index is 14.3. The van der Waals surface area contributed by atoms with E-state index >= 15 is 0 Å². The molecule has 0 amide bonds. The van der Waals surface area contributed by atoms with Gasteiger partial charge in [0.25, 0.3) is 0 Å². The van der Waals surface area contributed by atoms with E-state index in [-0.39, 0.29) is 11.9 Å². The fourth-order valence-electron chi connectivity index (χ4n) is 2.48. The molecule has 0 bridgehead atoms. The number of ether oxygens (including phenoxy) is 1. The predicted octanol–water partition coefficient (Wildman–Crippen LogP) is 5.62. The molecule has 0 fully saturated rings. The van der Waals surface area contributed by atoms with E-state index in [2.05, 4.69) is 6.58 Å². The molecule has 25 heavy (non-hydrogen) atoms. The first-order valence-electron chi connectivity index (χ1n) is 8.58. The summed E-state index contributed by atoms with van der Waals surface area (Å²) >= 11 is 0. The van der Waals surface area contributed by atoms with Crippen molar-refractivity contribution in [1.82, 2.24) is 0 Å². The van der Waals surface area contributed by atoms with Crippen molar-refractivity contribution in [2.75, 3.05) is 6.61 Å². The largest absolute Gasteiger partial charge is 0.490 e. The highest BCUT2D eigenvalue weighted by molar-refractivity contribution is 5.66. The van der Waals surface area contributed by atoms with Gasteiger partial charge in [-0.3, -0.25) is 0 Å². The molecule has 0 heterocycles. The lowest BCUT2D eigenvalue weighted by molar-refractivity contribution is 0.182. The molecule has 3 heteroatoms. The van der Waals surface area contributed by atoms with E-state index in [1.807, 2.05) is 36.4 Å². The van der Waals surface area contributed by atoms with Gasteiger partial charge in [0.05, 0.1) is 6.10 Å². The fourth-order valence-corrected chi connectivity index (χ4v) is 2.48. The molecule has 1 unspecified atom stereocenters. The van der Waals surface area contributed by atoms with Crippen LogP contribution in [0.25, 0.3) is 17.2 Å². The molecule has 0 aromatic heterocycles. The van der Waals surface area contributed by atoms with Crippen molar-refractivity contribution in [3.8, 4) is 16.9 Å². The minimum atomic E-state index is -0.280. The lowest BCUT2D eigenvalue weighted by Gasteiger charge is -2.07. The third kappa shape index (κ3) is 6.20. The van der Waals surface area contributed by atoms with E-state index in [0.29, 0.717) is 12.2 Å². The minimum Gasteiger partial charge on any atom is -0.490 e. The Balaban J connectivity index is 2.00. The lowest BCUT2D eigenvalue weighted by atomic mass is 10.0. The highest BCUT2D eigenvalue weighted by Gasteiger charge is 2.04. The van der Waals surface area contributed by atoms with Crippen LogP contribution in [0.1, 0.15) is 31.7 Å². The molecule has 2 nitrogen and oxygen atoms in total. The molecular weight excluding hydrogens is 315 g/mol. The van der Waals surface area contributed by atoms with Gasteiger partial charge in [0, 0.05) is 5.56 Å². The zero-order valence-corrected chi connectivity index (χ0v) is 14.6. The van der Waals surface area contributed by atoms with Crippen molar-refractivity contribution < 1.29 is 14.2 Å². The van der Waals surface area contributed by atoms with E-state index in [9.17, 15) is 9.50 Å². The second-order valence-corrected chi connectivity index (χ2v) is 6.04. The van der Waals surface area contributed by atoms with E-state index in [1.165, 1.54) is 0 Å². The van der Waals surface area contributed by atoms with Crippen LogP contribution in [0.15, 0.2) is 61.2 Å². The second kappa shape index (κ2) is 9.80. The molecule has 0 saturated carbocycles. The Morgan fingerprint density at radius 3 is 2.52 bits per heavy atom. The Morgan fingerprint density at radius 1 is 1.16 bits per heavy atom. The summed E-state index contributed by atoms with van der Waals surface area (Å²) in [6.45, 7) is 5.86. The standard InChI is InChI=1S/C22H25FO2/c1-3-15-25-21-13-11-18(12-14-21)20-10-9-19(22(23)16-20)8-6-4-5-7-17(2)24/h3,6,8-14,16-17,24H,1,4-5,7,15H2,2H3. The summed E-state index contributed by atoms with van der Waals surface area (Å²) in [6.07, 6.45) is 7.66. The number of rotatable bonds is 9. The van der Waals surface area contributed by atoms with Crippen LogP contribution in [0.2, 0.25) is 0 Å². The van der Waals surface area contributed by atoms with Crippen molar-refractivity contribution >= 4 is 6.08 Å². The molecule has 0 aliphatic carbocycles. The van der Waals surface area contributed by atoms with Crippen LogP contribution in [0.5, 0.6) is 5.75 Å². The van der Waals surface area contributed by atoms with Gasteiger partial charge in [0.1, 0.15) is 18.2 Å². The SMILES string of the molecule is C=CCOc1ccc(-c2ccc(C=CCCCC(C)O)c(F)c2)cc1. The molecule has 2 aromatic carbocycles. The number of halogens is 1. The van der Waals surface area contributed by atoms with Crippen molar-refractivity contribution in [3.05, 3.63) is 72.6 Å². The van der Waals surface area contributed by atoms with Crippen LogP contribution in [0.3, 0.4) is 0 Å². The first kappa shape index (κ1) is 18.9. The Kier molecular flexibility index (Phi) is 7.42. The zero-order valence-electron chi connectivity index (χ0n) is 14.6. The topological polar surface area (TPSA) is 29.5 Å². The van der Waals surface area contributed by atoms with Crippen molar-refractivity contribution in [1.29, 1.82) is 0 Å². The van der Waals surface area contributed by atoms with Gasteiger partial charge in [0.2, 0.25) is 0 Å². The van der Waals surface area contributed by atoms with Gasteiger partial charge >= 0.3 is 0 Å². The Labute approximate surface area is 149 Å². The Morgan fingerprint density at radius 2 is 1.88 bits per heavy atom. The molecule has 132 valence electrons. The summed E-state index contributed by atoms with van der Waals surface area (Å²) in [7, 11) is 0. The molecule has 1 atom stereocenters. The Hall–Kier alpha value is -2.39. The average molecular weight is 340 g/mol. The molecule has 2 aromatic rings. The molecule has 0 aliphatic rings. The summed E-state index contributed by atoms with van der Waals surface area (Å²) in [5, 5.41) is 9.22. The van der Waals surface area contributed by atoms with Gasteiger partial charge in [-0.15, -0.1) is 0 Å². The molecule has 2 rings (SSSR count). The summed E-state index contributed by atoms with van der Waals surface area (Å²) in [6, 6.07) is 12.8. The second-order valence-electron chi connectivity index (χ2n) is 6.04. The smallest absolute Gasteiger partial charge is 0.131 e. The highest BCUT2D eigenvalue weighted by atomic mass is 19.1. The zero-order chi connectivity index (χ0) is 18.1. The minimum absolute atomic E-state index is 0.240. The molecule has 0 saturated heterocycles. The van der Waals surface area contributed by atoms with Gasteiger partial charge in [-0.1, -0.05) is 49.1 Å². The van der Waals surface area contributed by atoms with E-state index < -0.39 is 0 Å². The fraction of sp³-hybridized carbons (Fsp3) is 0.273. The van der Waals surface area contributed by atoms with E-state index in [4.69, 9.17) is 4.74 Å². The van der Waals surface area contributed by atoms with Gasteiger partial charge in [-0.05, 0) is 55.5 Å². The van der Waals surface area contributed by atoms with Gasteiger partial charge in [-0.2, -0.15) is 0 Å². The first-order chi connectivity index (χ1) is 12.1. The van der Waals surface area contributed by atoms with Gasteiger partial charge in [0.15, 0.2) is 0 Å². The highest BCUT2D eigenvalue weighted by Crippen LogP contribution is 2.25. The van der Waals surface area contributed by atoms with Crippen molar-refractivity contribution in [2.45, 2.75) is 32.3 Å². The average Bonchev–Trinajstić information content (AvgIpc) is 2.61. The summed E-state index contributed by atoms with van der Waals surface area (Å²) in [5.74, 6) is 0.525. The molecule has 0 radical (unpaired) electrons. The van der Waals surface area contributed by atoms with Crippen LogP contribution in [-0.2, 0) is 0 Å². The maximum Gasteiger partial charge on any atom is 0.131 e. The van der Waals surface area contributed by atoms with Crippen molar-refractivity contribution in [3.63, 3.8) is 0 Å². The number of hydrogen-bond donors (Lipinski definition) is 1. The molecule has 1 N–H and O–H groups in total. The molecule has 0 aliphatic heterocycles. The number of aliphatic hydroxyl groups is 1. The first-order valence-corrected chi connectivity index (χ1v) is 8.58. The summed E-state index contributed by atoms with van der Waals surface area (Å²) < 4.78 is 19.7. The molecule has 0 spiro atoms. The summed E-state index contributed by atoms with van der Waals surface area (Å²) in [5.41, 5.74) is 2.35. The number of allylic oxidation sites excluding steroid dienone is 1. The van der Waals surface area contributed by atoms with Crippen LogP contribution in [-0.4, -0.2) is 17.8 Å². The number of unbranched alkanes of at least 4 members (excludes halogenated alkanes) is 1. The van der Waals surface area contributed by atoms with Crippen molar-refractivity contribution in [2.24, 2.45) is 0 Å². The lowest BCUT2D eigenvalue weighted by Crippen LogP contribution is -1.97. The maximum atomic E-state index is 14.3. The Bertz CT molecular complexity index is 702. The van der Waals surface area contributed by atoms with Crippen LogP contribution in [0, 0.1) is 5.82 Å². The third-order valence-corrected chi connectivity index (χ3v) is 3.85. The van der Waals surface area contributed by atoms with Gasteiger partial charge < -0.3 is 9.84 Å². The number of benzene rings is 2. The van der Waals surface area contributed by atoms with Crippen LogP contribution < -0.4 is 4.74 Å². The predicted molar refractivity (Wildman–Crippen MR) is 102 cm³/mol. The van der Waals surface area contributed by atoms with Gasteiger partial charge in [-0.25, -0.2) is 4.39 Å². The van der Waals surface area contributed by atoms with Crippen LogP contribution in [0.4, 0.5) is 4.39 Å². The monoisotopic (exact) mass is 340 g/mol. The normalized spacial score (nSPS) is 12.3. The number of aliphatic hydroxyl groups excluding tert-OH is 1. The third-order valence-electron chi connectivity index (χ3n) is 3.85. The molecular formula is C22H25FO2. The van der Waals surface area contributed by atoms with Crippen LogP contribution >= 0.6 is 0 Å².